The van der Waals surface area contributed by atoms with Crippen LogP contribution < -0.4 is 0 Å². The first kappa shape index (κ1) is 24.1. The SMILES string of the molecule is [Ir].[c-]1ccccc1-c1cc(-c2cc3c4cc5ccccc5cc4oc3c3c2oc2cc4ccccc4cc23)ccn1. The summed E-state index contributed by atoms with van der Waals surface area (Å²) in [5, 5.41) is 8.88. The molecule has 3 heterocycles. The van der Waals surface area contributed by atoms with Gasteiger partial charge in [0.15, 0.2) is 0 Å². The average molecular weight is 703 g/mol. The Hall–Kier alpha value is -4.76. The molecule has 1 radical (unpaired) electrons. The molecule has 41 heavy (non-hydrogen) atoms. The molecule has 0 saturated carbocycles. The van der Waals surface area contributed by atoms with Gasteiger partial charge in [0.2, 0.25) is 0 Å². The van der Waals surface area contributed by atoms with Crippen molar-refractivity contribution in [3.8, 4) is 22.4 Å². The quantitative estimate of drug-likeness (QED) is 0.168. The van der Waals surface area contributed by atoms with Crippen LogP contribution >= 0.6 is 0 Å². The van der Waals surface area contributed by atoms with E-state index in [1.54, 1.807) is 0 Å². The summed E-state index contributed by atoms with van der Waals surface area (Å²) in [6.45, 7) is 0. The van der Waals surface area contributed by atoms with Gasteiger partial charge in [-0.25, -0.2) is 0 Å². The fraction of sp³-hybridized carbons (Fsp3) is 0. The summed E-state index contributed by atoms with van der Waals surface area (Å²) in [5.41, 5.74) is 7.26. The van der Waals surface area contributed by atoms with Gasteiger partial charge in [-0.1, -0.05) is 54.6 Å². The Balaban J connectivity index is 0.00000256. The zero-order valence-electron chi connectivity index (χ0n) is 21.6. The normalized spacial score (nSPS) is 11.7. The van der Waals surface area contributed by atoms with Crippen LogP contribution in [0.2, 0.25) is 0 Å². The van der Waals surface area contributed by atoms with E-state index in [-0.39, 0.29) is 20.1 Å². The minimum absolute atomic E-state index is 0. The summed E-state index contributed by atoms with van der Waals surface area (Å²) in [4.78, 5) is 4.65. The van der Waals surface area contributed by atoms with Gasteiger partial charge in [0.05, 0.1) is 5.39 Å². The molecule has 0 atom stereocenters. The van der Waals surface area contributed by atoms with Crippen LogP contribution in [0.15, 0.2) is 130 Å². The van der Waals surface area contributed by atoms with Crippen molar-refractivity contribution >= 4 is 65.4 Å². The number of hydrogen-bond donors (Lipinski definition) is 0. The van der Waals surface area contributed by atoms with Gasteiger partial charge in [0.1, 0.15) is 22.3 Å². The Bertz CT molecular complexity index is 2440. The maximum Gasteiger partial charge on any atom is 0.147 e. The molecule has 3 aromatic heterocycles. The molecular formula is C37H20IrNO2-. The molecule has 0 bridgehead atoms. The van der Waals surface area contributed by atoms with Gasteiger partial charge in [-0.15, -0.1) is 35.9 Å². The second-order valence-corrected chi connectivity index (χ2v) is 10.3. The van der Waals surface area contributed by atoms with Crippen molar-refractivity contribution < 1.29 is 28.9 Å². The first-order valence-electron chi connectivity index (χ1n) is 13.4. The van der Waals surface area contributed by atoms with Crippen molar-refractivity contribution in [3.05, 3.63) is 128 Å². The first-order valence-corrected chi connectivity index (χ1v) is 13.4. The van der Waals surface area contributed by atoms with E-state index in [9.17, 15) is 0 Å². The third kappa shape index (κ3) is 3.65. The van der Waals surface area contributed by atoms with Crippen LogP contribution in [-0.2, 0) is 20.1 Å². The number of benzene rings is 6. The Kier molecular flexibility index (Phi) is 5.36. The van der Waals surface area contributed by atoms with Crippen molar-refractivity contribution in [2.75, 3.05) is 0 Å². The topological polar surface area (TPSA) is 39.2 Å². The van der Waals surface area contributed by atoms with Crippen LogP contribution in [0.5, 0.6) is 0 Å². The number of pyridine rings is 1. The molecule has 0 aliphatic carbocycles. The largest absolute Gasteiger partial charge is 0.455 e. The molecular weight excluding hydrogens is 683 g/mol. The molecule has 9 rings (SSSR count). The molecule has 195 valence electrons. The Morgan fingerprint density at radius 2 is 1.20 bits per heavy atom. The molecule has 0 unspecified atom stereocenters. The van der Waals surface area contributed by atoms with Gasteiger partial charge in [-0.05, 0) is 69.2 Å². The van der Waals surface area contributed by atoms with Gasteiger partial charge in [-0.2, -0.15) is 0 Å². The van der Waals surface area contributed by atoms with Crippen LogP contribution in [0.25, 0.3) is 87.8 Å². The van der Waals surface area contributed by atoms with E-state index in [1.165, 1.54) is 10.8 Å². The second-order valence-electron chi connectivity index (χ2n) is 10.3. The fourth-order valence-electron chi connectivity index (χ4n) is 6.05. The van der Waals surface area contributed by atoms with Gasteiger partial charge in [-0.3, -0.25) is 0 Å². The molecule has 0 aliphatic rings. The Morgan fingerprint density at radius 1 is 0.561 bits per heavy atom. The summed E-state index contributed by atoms with van der Waals surface area (Å²) < 4.78 is 13.3. The summed E-state index contributed by atoms with van der Waals surface area (Å²) >= 11 is 0. The minimum atomic E-state index is 0. The molecule has 6 aromatic carbocycles. The number of hydrogen-bond acceptors (Lipinski definition) is 3. The molecule has 0 saturated heterocycles. The van der Waals surface area contributed by atoms with Crippen molar-refractivity contribution in [2.24, 2.45) is 0 Å². The summed E-state index contributed by atoms with van der Waals surface area (Å²) in [5.74, 6) is 0. The zero-order chi connectivity index (χ0) is 26.2. The third-order valence-corrected chi connectivity index (χ3v) is 7.97. The Morgan fingerprint density at radius 3 is 1.90 bits per heavy atom. The van der Waals surface area contributed by atoms with Gasteiger partial charge < -0.3 is 13.8 Å². The van der Waals surface area contributed by atoms with E-state index in [1.807, 2.05) is 30.5 Å². The maximum absolute atomic E-state index is 6.69. The molecule has 9 aromatic rings. The van der Waals surface area contributed by atoms with E-state index in [2.05, 4.69) is 102 Å². The van der Waals surface area contributed by atoms with Crippen molar-refractivity contribution in [3.63, 3.8) is 0 Å². The molecule has 3 nitrogen and oxygen atoms in total. The summed E-state index contributed by atoms with van der Waals surface area (Å²) in [6, 6.07) is 43.2. The molecule has 4 heteroatoms. The monoisotopic (exact) mass is 703 g/mol. The van der Waals surface area contributed by atoms with E-state index in [4.69, 9.17) is 8.83 Å². The molecule has 0 fully saturated rings. The number of nitrogens with zero attached hydrogens (tertiary/aromatic N) is 1. The summed E-state index contributed by atoms with van der Waals surface area (Å²) in [7, 11) is 0. The molecule has 0 amide bonds. The predicted octanol–water partition coefficient (Wildman–Crippen LogP) is 10.3. The van der Waals surface area contributed by atoms with Crippen LogP contribution in [-0.4, -0.2) is 4.98 Å². The van der Waals surface area contributed by atoms with E-state index in [0.717, 1.165) is 77.0 Å². The average Bonchev–Trinajstić information content (AvgIpc) is 3.56. The van der Waals surface area contributed by atoms with Crippen LogP contribution in [0.3, 0.4) is 0 Å². The number of aromatic nitrogens is 1. The van der Waals surface area contributed by atoms with Crippen LogP contribution in [0.1, 0.15) is 0 Å². The van der Waals surface area contributed by atoms with Crippen molar-refractivity contribution in [1.82, 2.24) is 4.98 Å². The van der Waals surface area contributed by atoms with Crippen LogP contribution in [0, 0.1) is 6.07 Å². The summed E-state index contributed by atoms with van der Waals surface area (Å²) in [6.07, 6.45) is 1.86. The van der Waals surface area contributed by atoms with E-state index >= 15 is 0 Å². The zero-order valence-corrected chi connectivity index (χ0v) is 24.0. The van der Waals surface area contributed by atoms with Crippen molar-refractivity contribution in [1.29, 1.82) is 0 Å². The smallest absolute Gasteiger partial charge is 0.147 e. The number of rotatable bonds is 2. The second kappa shape index (κ2) is 9.14. The maximum atomic E-state index is 6.69. The van der Waals surface area contributed by atoms with E-state index < -0.39 is 0 Å². The molecule has 0 spiro atoms. The standard InChI is InChI=1S/C37H20NO2.Ir/c1-2-8-22(9-3-1)32-18-27(14-15-38-32)28-21-30-29-16-23-10-4-6-12-25(23)19-33(29)39-37(30)35-31-17-24-11-5-7-13-26(24)20-34(31)40-36(28)35;/h1-8,10-21H;/q-1;. The molecule has 0 N–H and O–H groups in total. The van der Waals surface area contributed by atoms with Crippen LogP contribution in [0.4, 0.5) is 0 Å². The van der Waals surface area contributed by atoms with Crippen molar-refractivity contribution in [2.45, 2.75) is 0 Å². The molecule has 0 aliphatic heterocycles. The van der Waals surface area contributed by atoms with Gasteiger partial charge in [0.25, 0.3) is 0 Å². The number of furan rings is 2. The predicted molar refractivity (Wildman–Crippen MR) is 164 cm³/mol. The minimum Gasteiger partial charge on any atom is -0.455 e. The Labute approximate surface area is 248 Å². The third-order valence-electron chi connectivity index (χ3n) is 7.97. The van der Waals surface area contributed by atoms with E-state index in [0.29, 0.717) is 0 Å². The number of fused-ring (bicyclic) bond motifs is 9. The van der Waals surface area contributed by atoms with Gasteiger partial charge >= 0.3 is 0 Å². The first-order chi connectivity index (χ1) is 19.8. The fourth-order valence-corrected chi connectivity index (χ4v) is 6.05. The van der Waals surface area contributed by atoms with Gasteiger partial charge in [0, 0.05) is 48.0 Å².